The molecule has 0 saturated carbocycles. The number of nitrogens with zero attached hydrogens (tertiary/aromatic N) is 2. The highest BCUT2D eigenvalue weighted by Crippen LogP contribution is 2.62. The Kier molecular flexibility index (Phi) is 7.79. The summed E-state index contributed by atoms with van der Waals surface area (Å²) in [7, 11) is 0. The molecule has 10 aromatic carbocycles. The van der Waals surface area contributed by atoms with Gasteiger partial charge in [-0.2, -0.15) is 0 Å². The summed E-state index contributed by atoms with van der Waals surface area (Å²) in [5, 5.41) is 7.30. The van der Waals surface area contributed by atoms with Gasteiger partial charge >= 0.3 is 0 Å². The van der Waals surface area contributed by atoms with Crippen molar-refractivity contribution in [1.29, 1.82) is 0 Å². The van der Waals surface area contributed by atoms with Crippen LogP contribution < -0.4 is 9.47 Å². The van der Waals surface area contributed by atoms with Gasteiger partial charge in [0.05, 0.1) is 16.8 Å². The summed E-state index contributed by atoms with van der Waals surface area (Å²) in [6, 6.07) is 77.1. The minimum Gasteiger partial charge on any atom is -0.449 e. The molecule has 63 heavy (non-hydrogen) atoms. The second-order valence-electron chi connectivity index (χ2n) is 16.4. The molecule has 4 nitrogen and oxygen atoms in total. The van der Waals surface area contributed by atoms with Crippen LogP contribution >= 0.6 is 0 Å². The lowest BCUT2D eigenvalue weighted by atomic mass is 9.68. The largest absolute Gasteiger partial charge is 0.449 e. The van der Waals surface area contributed by atoms with E-state index >= 15 is 0 Å². The average molecular weight is 805 g/mol. The molecule has 1 aliphatic carbocycles. The summed E-state index contributed by atoms with van der Waals surface area (Å²) in [6.07, 6.45) is 0. The highest BCUT2D eigenvalue weighted by molar-refractivity contribution is 6.25. The van der Waals surface area contributed by atoms with E-state index in [0.717, 1.165) is 44.8 Å². The first-order valence-corrected chi connectivity index (χ1v) is 21.4. The van der Waals surface area contributed by atoms with Crippen LogP contribution in [0.3, 0.4) is 0 Å². The van der Waals surface area contributed by atoms with Gasteiger partial charge in [0.15, 0.2) is 28.8 Å². The number of ether oxygens (including phenoxy) is 2. The molecule has 0 saturated heterocycles. The second kappa shape index (κ2) is 13.8. The van der Waals surface area contributed by atoms with Crippen LogP contribution in [-0.2, 0) is 5.41 Å². The standard InChI is InChI=1S/C59H36N2O2/c1-4-16-37(17-5-1)51-36-52(61-58(60-51)39-28-30-46-44-24-11-10-22-42(44)43-23-12-13-25-45(43)48(46)34-39)38-29-32-53-55(35-38)63-57-54(62-53)33-31-50-56(57)47-26-14-15-27-49(47)59(50,40-18-6-2-7-19-40)41-20-8-3-9-21-41/h1-36H. The third kappa shape index (κ3) is 5.35. The molecule has 2 heterocycles. The Bertz CT molecular complexity index is 3550. The molecule has 4 heteroatoms. The molecule has 1 aliphatic heterocycles. The lowest BCUT2D eigenvalue weighted by molar-refractivity contribution is 0.360. The number of fused-ring (bicyclic) bond motifs is 12. The summed E-state index contributed by atoms with van der Waals surface area (Å²) in [6.45, 7) is 0. The van der Waals surface area contributed by atoms with Gasteiger partial charge < -0.3 is 9.47 Å². The van der Waals surface area contributed by atoms with Gasteiger partial charge in [0, 0.05) is 22.3 Å². The van der Waals surface area contributed by atoms with Gasteiger partial charge in [-0.15, -0.1) is 0 Å². The molecule has 0 amide bonds. The van der Waals surface area contributed by atoms with E-state index in [4.69, 9.17) is 19.4 Å². The van der Waals surface area contributed by atoms with E-state index in [0.29, 0.717) is 28.8 Å². The summed E-state index contributed by atoms with van der Waals surface area (Å²) in [4.78, 5) is 10.5. The van der Waals surface area contributed by atoms with Crippen LogP contribution in [0.2, 0.25) is 0 Å². The number of hydrogen-bond acceptors (Lipinski definition) is 4. The van der Waals surface area contributed by atoms with Gasteiger partial charge in [0.1, 0.15) is 0 Å². The zero-order valence-corrected chi connectivity index (χ0v) is 34.0. The van der Waals surface area contributed by atoms with Crippen molar-refractivity contribution in [1.82, 2.24) is 9.97 Å². The van der Waals surface area contributed by atoms with Crippen molar-refractivity contribution in [2.45, 2.75) is 5.41 Å². The number of hydrogen-bond donors (Lipinski definition) is 0. The van der Waals surface area contributed by atoms with E-state index in [2.05, 4.69) is 194 Å². The number of aromatic nitrogens is 2. The predicted octanol–water partition coefficient (Wildman–Crippen LogP) is 15.2. The van der Waals surface area contributed by atoms with E-state index in [-0.39, 0.29) is 0 Å². The Labute approximate surface area is 364 Å². The minimum atomic E-state index is -0.553. The van der Waals surface area contributed by atoms with Crippen LogP contribution in [0.25, 0.3) is 77.3 Å². The maximum Gasteiger partial charge on any atom is 0.178 e. The van der Waals surface area contributed by atoms with Gasteiger partial charge in [-0.1, -0.05) is 182 Å². The fourth-order valence-electron chi connectivity index (χ4n) is 10.3. The minimum absolute atomic E-state index is 0.553. The van der Waals surface area contributed by atoms with Gasteiger partial charge in [-0.25, -0.2) is 9.97 Å². The van der Waals surface area contributed by atoms with Crippen LogP contribution in [0.5, 0.6) is 23.0 Å². The Balaban J connectivity index is 0.965. The maximum atomic E-state index is 7.09. The van der Waals surface area contributed by atoms with Crippen molar-refractivity contribution in [3.63, 3.8) is 0 Å². The fourth-order valence-corrected chi connectivity index (χ4v) is 10.3. The van der Waals surface area contributed by atoms with Crippen molar-refractivity contribution < 1.29 is 9.47 Å². The molecule has 0 spiro atoms. The van der Waals surface area contributed by atoms with Crippen molar-refractivity contribution >= 4 is 32.3 Å². The van der Waals surface area contributed by atoms with Crippen LogP contribution in [0.15, 0.2) is 218 Å². The highest BCUT2D eigenvalue weighted by Gasteiger charge is 2.48. The smallest absolute Gasteiger partial charge is 0.178 e. The molecule has 0 atom stereocenters. The molecule has 2 aliphatic rings. The summed E-state index contributed by atoms with van der Waals surface area (Å²) >= 11 is 0. The molecule has 11 aromatic rings. The monoisotopic (exact) mass is 804 g/mol. The Morgan fingerprint density at radius 1 is 0.333 bits per heavy atom. The second-order valence-corrected chi connectivity index (χ2v) is 16.4. The molecule has 1 aromatic heterocycles. The van der Waals surface area contributed by atoms with Crippen LogP contribution in [0.4, 0.5) is 0 Å². The fraction of sp³-hybridized carbons (Fsp3) is 0.0169. The zero-order chi connectivity index (χ0) is 41.5. The topological polar surface area (TPSA) is 44.2 Å². The third-order valence-corrected chi connectivity index (χ3v) is 13.0. The van der Waals surface area contributed by atoms with E-state index in [1.54, 1.807) is 0 Å². The SMILES string of the molecule is c1ccc(-c2cc(-c3ccc4c(c3)Oc3c(ccc5c3-c3ccccc3C5(c3ccccc3)c3ccccc3)O4)nc(-c3ccc4c5ccccc5c5ccccc5c4c3)n2)cc1. The molecule has 0 fully saturated rings. The van der Waals surface area contributed by atoms with Gasteiger partial charge in [0.25, 0.3) is 0 Å². The lowest BCUT2D eigenvalue weighted by Crippen LogP contribution is -2.28. The quantitative estimate of drug-likeness (QED) is 0.163. The molecule has 0 unspecified atom stereocenters. The molecule has 0 N–H and O–H groups in total. The average Bonchev–Trinajstić information content (AvgIpc) is 3.67. The van der Waals surface area contributed by atoms with Gasteiger partial charge in [-0.3, -0.25) is 0 Å². The molecule has 0 radical (unpaired) electrons. The summed E-state index contributed by atoms with van der Waals surface area (Å²) in [5.74, 6) is 3.34. The summed E-state index contributed by atoms with van der Waals surface area (Å²) < 4.78 is 13.8. The zero-order valence-electron chi connectivity index (χ0n) is 34.0. The number of benzene rings is 10. The Morgan fingerprint density at radius 3 is 1.56 bits per heavy atom. The van der Waals surface area contributed by atoms with Gasteiger partial charge in [0.2, 0.25) is 0 Å². The molecule has 13 rings (SSSR count). The summed E-state index contributed by atoms with van der Waals surface area (Å²) in [5.41, 5.74) is 10.9. The molecule has 294 valence electrons. The predicted molar refractivity (Wildman–Crippen MR) is 255 cm³/mol. The normalized spacial score (nSPS) is 13.1. The highest BCUT2D eigenvalue weighted by atomic mass is 16.6. The first-order valence-electron chi connectivity index (χ1n) is 21.4. The molecular weight excluding hydrogens is 769 g/mol. The van der Waals surface area contributed by atoms with Crippen LogP contribution in [0.1, 0.15) is 22.3 Å². The third-order valence-electron chi connectivity index (χ3n) is 13.0. The van der Waals surface area contributed by atoms with Crippen LogP contribution in [0, 0.1) is 0 Å². The maximum absolute atomic E-state index is 7.09. The van der Waals surface area contributed by atoms with E-state index in [1.165, 1.54) is 49.0 Å². The van der Waals surface area contributed by atoms with E-state index in [1.807, 2.05) is 24.3 Å². The molecular formula is C59H36N2O2. The number of rotatable bonds is 5. The Hall–Kier alpha value is -8.34. The molecule has 0 bridgehead atoms. The lowest BCUT2D eigenvalue weighted by Gasteiger charge is -2.34. The van der Waals surface area contributed by atoms with Gasteiger partial charge in [-0.05, 0) is 96.5 Å². The first kappa shape index (κ1) is 35.4. The van der Waals surface area contributed by atoms with E-state index in [9.17, 15) is 0 Å². The first-order chi connectivity index (χ1) is 31.2. The van der Waals surface area contributed by atoms with Crippen LogP contribution in [-0.4, -0.2) is 9.97 Å². The van der Waals surface area contributed by atoms with Crippen molar-refractivity contribution in [3.8, 4) is 68.0 Å². The van der Waals surface area contributed by atoms with Crippen molar-refractivity contribution in [3.05, 3.63) is 241 Å². The van der Waals surface area contributed by atoms with Crippen molar-refractivity contribution in [2.75, 3.05) is 0 Å². The Morgan fingerprint density at radius 2 is 0.873 bits per heavy atom. The van der Waals surface area contributed by atoms with Crippen molar-refractivity contribution in [2.24, 2.45) is 0 Å². The van der Waals surface area contributed by atoms with E-state index < -0.39 is 5.41 Å².